The van der Waals surface area contributed by atoms with Crippen molar-refractivity contribution >= 4 is 61.0 Å². The predicted molar refractivity (Wildman–Crippen MR) is 160 cm³/mol. The molecule has 41 heavy (non-hydrogen) atoms. The van der Waals surface area contributed by atoms with Gasteiger partial charge in [0.2, 0.25) is 0 Å². The van der Waals surface area contributed by atoms with Gasteiger partial charge in [-0.05, 0) is 62.0 Å². The Morgan fingerprint density at radius 2 is 1.93 bits per heavy atom. The minimum absolute atomic E-state index is 0.0209. The van der Waals surface area contributed by atoms with Crippen molar-refractivity contribution in [2.45, 2.75) is 56.5 Å². The largest absolute Gasteiger partial charge is 0.465 e. The van der Waals surface area contributed by atoms with E-state index in [1.165, 1.54) is 17.8 Å². The number of aromatic nitrogens is 2. The number of nitrogens with one attached hydrogen (secondary N) is 2. The van der Waals surface area contributed by atoms with E-state index in [9.17, 15) is 9.90 Å². The van der Waals surface area contributed by atoms with Crippen LogP contribution in [0.5, 0.6) is 0 Å². The maximum absolute atomic E-state index is 16.8. The van der Waals surface area contributed by atoms with Gasteiger partial charge in [-0.1, -0.05) is 31.5 Å². The summed E-state index contributed by atoms with van der Waals surface area (Å²) in [6, 6.07) is 4.41. The van der Waals surface area contributed by atoms with Gasteiger partial charge in [0, 0.05) is 33.3 Å². The highest BCUT2D eigenvalue weighted by molar-refractivity contribution is 7.99. The Balaban J connectivity index is 1.57. The second-order valence-electron chi connectivity index (χ2n) is 10.7. The maximum Gasteiger partial charge on any atom is 0.409 e. The van der Waals surface area contributed by atoms with E-state index < -0.39 is 17.7 Å². The molecule has 2 aromatic heterocycles. The first-order valence-corrected chi connectivity index (χ1v) is 15.4. The van der Waals surface area contributed by atoms with E-state index in [1.54, 1.807) is 12.1 Å². The average Bonchev–Trinajstić information content (AvgIpc) is 3.68. The smallest absolute Gasteiger partial charge is 0.409 e. The standard InChI is InChI=1S/C29H31F2N5O3S2/c1-4-40-27-34-25-23(26(35-27)32-14-29(36(2)3)9-5-6-10-29)17-13-39-12-16(17)22(24(25)31)21-15-11-20(33-28(37)38)41-19(15)8-7-18(21)30/h7-8,11,33H,4-6,9-10,12-14H2,1-3H3,(H,37,38)(H,32,34,35). The van der Waals surface area contributed by atoms with Crippen LogP contribution in [0.25, 0.3) is 32.1 Å². The fourth-order valence-corrected chi connectivity index (χ4v) is 7.69. The summed E-state index contributed by atoms with van der Waals surface area (Å²) < 4.78 is 38.9. The number of fused-ring (bicyclic) bond motifs is 4. The Morgan fingerprint density at radius 1 is 1.17 bits per heavy atom. The van der Waals surface area contributed by atoms with Crippen LogP contribution < -0.4 is 10.6 Å². The van der Waals surface area contributed by atoms with Crippen LogP contribution in [-0.4, -0.2) is 58.0 Å². The number of benzene rings is 2. The highest BCUT2D eigenvalue weighted by Gasteiger charge is 2.37. The summed E-state index contributed by atoms with van der Waals surface area (Å²) in [5, 5.41) is 16.8. The number of rotatable bonds is 8. The fraction of sp³-hybridized carbons (Fsp3) is 0.414. The van der Waals surface area contributed by atoms with Crippen LogP contribution in [0.1, 0.15) is 43.7 Å². The van der Waals surface area contributed by atoms with E-state index in [4.69, 9.17) is 9.72 Å². The Kier molecular flexibility index (Phi) is 7.52. The molecule has 216 valence electrons. The molecule has 3 heterocycles. The number of thioether (sulfide) groups is 1. The van der Waals surface area contributed by atoms with Crippen molar-refractivity contribution in [1.82, 2.24) is 14.9 Å². The molecular formula is C29H31F2N5O3S2. The maximum atomic E-state index is 16.8. The number of halogens is 2. The van der Waals surface area contributed by atoms with E-state index in [2.05, 4.69) is 34.6 Å². The van der Waals surface area contributed by atoms with E-state index in [-0.39, 0.29) is 35.4 Å². The molecule has 0 atom stereocenters. The molecule has 3 N–H and O–H groups in total. The number of thiophene rings is 1. The second kappa shape index (κ2) is 11.0. The van der Waals surface area contributed by atoms with Gasteiger partial charge in [0.05, 0.1) is 23.6 Å². The molecule has 0 saturated heterocycles. The lowest BCUT2D eigenvalue weighted by Gasteiger charge is -2.36. The molecule has 2 aromatic carbocycles. The first kappa shape index (κ1) is 28.1. The monoisotopic (exact) mass is 599 g/mol. The molecule has 0 unspecified atom stereocenters. The minimum atomic E-state index is -1.23. The third-order valence-electron chi connectivity index (χ3n) is 8.25. The van der Waals surface area contributed by atoms with Gasteiger partial charge in [0.1, 0.15) is 17.2 Å². The molecule has 1 fully saturated rings. The zero-order valence-corrected chi connectivity index (χ0v) is 24.7. The molecule has 2 aliphatic rings. The van der Waals surface area contributed by atoms with Gasteiger partial charge >= 0.3 is 6.09 Å². The van der Waals surface area contributed by atoms with Crippen molar-refractivity contribution in [3.63, 3.8) is 0 Å². The van der Waals surface area contributed by atoms with E-state index >= 15 is 8.78 Å². The molecule has 1 aliphatic carbocycles. The van der Waals surface area contributed by atoms with Gasteiger partial charge in [-0.15, -0.1) is 11.3 Å². The molecule has 1 amide bonds. The van der Waals surface area contributed by atoms with Crippen molar-refractivity contribution in [2.24, 2.45) is 0 Å². The molecule has 0 radical (unpaired) electrons. The van der Waals surface area contributed by atoms with Crippen LogP contribution in [0.3, 0.4) is 0 Å². The number of anilines is 2. The number of amides is 1. The number of carbonyl (C=O) groups is 1. The van der Waals surface area contributed by atoms with Crippen LogP contribution in [0.2, 0.25) is 0 Å². The fourth-order valence-electron chi connectivity index (χ4n) is 6.16. The molecule has 1 aliphatic heterocycles. The summed E-state index contributed by atoms with van der Waals surface area (Å²) in [5.74, 6) is 0.0287. The molecule has 12 heteroatoms. The number of hydrogen-bond acceptors (Lipinski definition) is 8. The molecule has 6 rings (SSSR count). The first-order valence-electron chi connectivity index (χ1n) is 13.6. The summed E-state index contributed by atoms with van der Waals surface area (Å²) in [6.45, 7) is 2.98. The quantitative estimate of drug-likeness (QED) is 0.143. The number of carboxylic acid groups (broad SMARTS) is 1. The number of hydrogen-bond donors (Lipinski definition) is 3. The third-order valence-corrected chi connectivity index (χ3v) is 9.99. The number of ether oxygens (including phenoxy) is 1. The lowest BCUT2D eigenvalue weighted by molar-refractivity contribution is 0.135. The predicted octanol–water partition coefficient (Wildman–Crippen LogP) is 7.31. The number of nitrogens with zero attached hydrogens (tertiary/aromatic N) is 3. The van der Waals surface area contributed by atoms with Gasteiger partial charge in [-0.2, -0.15) is 0 Å². The zero-order chi connectivity index (χ0) is 28.9. The third kappa shape index (κ3) is 4.90. The molecule has 8 nitrogen and oxygen atoms in total. The zero-order valence-electron chi connectivity index (χ0n) is 23.1. The van der Waals surface area contributed by atoms with Crippen molar-refractivity contribution in [2.75, 3.05) is 37.0 Å². The number of likely N-dealkylation sites (N-methyl/N-ethyl adjacent to an activating group) is 1. The molecule has 0 bridgehead atoms. The highest BCUT2D eigenvalue weighted by atomic mass is 32.2. The Morgan fingerprint density at radius 3 is 2.63 bits per heavy atom. The van der Waals surface area contributed by atoms with Crippen LogP contribution in [0, 0.1) is 11.6 Å². The highest BCUT2D eigenvalue weighted by Crippen LogP contribution is 2.46. The average molecular weight is 600 g/mol. The molecular weight excluding hydrogens is 568 g/mol. The van der Waals surface area contributed by atoms with Gasteiger partial charge in [0.25, 0.3) is 0 Å². The summed E-state index contributed by atoms with van der Waals surface area (Å²) >= 11 is 2.58. The Hall–Kier alpha value is -3.06. The second-order valence-corrected chi connectivity index (χ2v) is 13.0. The van der Waals surface area contributed by atoms with Gasteiger partial charge in [0.15, 0.2) is 11.0 Å². The van der Waals surface area contributed by atoms with Crippen LogP contribution >= 0.6 is 23.1 Å². The first-order chi connectivity index (χ1) is 19.7. The summed E-state index contributed by atoms with van der Waals surface area (Å²) in [5.41, 5.74) is 1.59. The minimum Gasteiger partial charge on any atom is -0.465 e. The van der Waals surface area contributed by atoms with Gasteiger partial charge in [-0.3, -0.25) is 5.32 Å². The normalized spacial score (nSPS) is 16.1. The SMILES string of the molecule is CCSc1nc(NCC2(N(C)C)CCCC2)c2c3c(c(-c4c(F)ccc5sc(NC(=O)O)cc45)c(F)c2n1)COC3. The van der Waals surface area contributed by atoms with Gasteiger partial charge in [-0.25, -0.2) is 23.5 Å². The molecule has 1 saturated carbocycles. The van der Waals surface area contributed by atoms with Crippen molar-refractivity contribution in [3.8, 4) is 11.1 Å². The van der Waals surface area contributed by atoms with Crippen molar-refractivity contribution in [3.05, 3.63) is 41.0 Å². The van der Waals surface area contributed by atoms with E-state index in [0.717, 1.165) is 42.6 Å². The van der Waals surface area contributed by atoms with Crippen LogP contribution in [0.15, 0.2) is 23.4 Å². The molecule has 4 aromatic rings. The summed E-state index contributed by atoms with van der Waals surface area (Å²) in [6.07, 6.45) is 3.22. The Bertz CT molecular complexity index is 1670. The lowest BCUT2D eigenvalue weighted by atomic mass is 9.91. The van der Waals surface area contributed by atoms with Crippen LogP contribution in [-0.2, 0) is 18.0 Å². The summed E-state index contributed by atoms with van der Waals surface area (Å²) in [4.78, 5) is 23.0. The van der Waals surface area contributed by atoms with Crippen LogP contribution in [0.4, 0.5) is 24.4 Å². The molecule has 0 spiro atoms. The summed E-state index contributed by atoms with van der Waals surface area (Å²) in [7, 11) is 4.19. The van der Waals surface area contributed by atoms with Gasteiger partial charge < -0.3 is 20.1 Å². The lowest BCUT2D eigenvalue weighted by Crippen LogP contribution is -2.47. The van der Waals surface area contributed by atoms with Crippen molar-refractivity contribution < 1.29 is 23.4 Å². The van der Waals surface area contributed by atoms with E-state index in [0.29, 0.717) is 49.3 Å². The van der Waals surface area contributed by atoms with Crippen molar-refractivity contribution in [1.29, 1.82) is 0 Å². The van der Waals surface area contributed by atoms with E-state index in [1.807, 2.05) is 6.92 Å². The Labute approximate surface area is 244 Å². The topological polar surface area (TPSA) is 99.6 Å².